The summed E-state index contributed by atoms with van der Waals surface area (Å²) >= 11 is 1.32. The van der Waals surface area contributed by atoms with Crippen molar-refractivity contribution < 1.29 is 19.4 Å². The van der Waals surface area contributed by atoms with Crippen LogP contribution < -0.4 is 9.47 Å². The topological polar surface area (TPSA) is 99.4 Å². The Bertz CT molecular complexity index is 817. The normalized spacial score (nSPS) is 10.9. The maximum absolute atomic E-state index is 10.8. The molecule has 0 aliphatic heterocycles. The second-order valence-corrected chi connectivity index (χ2v) is 5.62. The summed E-state index contributed by atoms with van der Waals surface area (Å²) in [6, 6.07) is 3.53. The molecule has 0 fully saturated rings. The number of hydrogen-bond donors (Lipinski definition) is 1. The van der Waals surface area contributed by atoms with Crippen molar-refractivity contribution in [2.75, 3.05) is 14.2 Å². The lowest BCUT2D eigenvalue weighted by molar-refractivity contribution is 0.0691. The van der Waals surface area contributed by atoms with Crippen LogP contribution in [0.2, 0.25) is 0 Å². The molecule has 0 radical (unpaired) electrons. The van der Waals surface area contributed by atoms with Gasteiger partial charge in [-0.15, -0.1) is 11.3 Å². The highest BCUT2D eigenvalue weighted by Gasteiger charge is 2.12. The molecular weight excluding hydrogens is 320 g/mol. The number of aromatic nitrogens is 4. The number of nitrogens with zero attached hydrogens (tertiary/aromatic N) is 4. The smallest absolute Gasteiger partial charge is 0.355 e. The third-order valence-corrected chi connectivity index (χ3v) is 4.13. The van der Waals surface area contributed by atoms with Crippen molar-refractivity contribution in [3.05, 3.63) is 28.2 Å². The van der Waals surface area contributed by atoms with Gasteiger partial charge in [0.1, 0.15) is 11.0 Å². The maximum Gasteiger partial charge on any atom is 0.355 e. The van der Waals surface area contributed by atoms with Gasteiger partial charge in [-0.05, 0) is 0 Å². The van der Waals surface area contributed by atoms with Gasteiger partial charge in [-0.2, -0.15) is 15.0 Å². The van der Waals surface area contributed by atoms with E-state index in [0.29, 0.717) is 35.5 Å². The lowest BCUT2D eigenvalue weighted by atomic mass is 10.3. The van der Waals surface area contributed by atoms with Crippen LogP contribution in [0.25, 0.3) is 11.0 Å². The van der Waals surface area contributed by atoms with E-state index in [2.05, 4.69) is 15.2 Å². The molecule has 0 saturated heterocycles. The molecule has 1 aromatic carbocycles. The van der Waals surface area contributed by atoms with Gasteiger partial charge in [-0.25, -0.2) is 9.78 Å². The summed E-state index contributed by atoms with van der Waals surface area (Å²) in [5.74, 6) is 0.172. The SMILES string of the molecule is COc1cc2nn(CCc3nc(C(=O)O)cs3)nc2cc1OC. The van der Waals surface area contributed by atoms with E-state index >= 15 is 0 Å². The number of fused-ring (bicyclic) bond motifs is 1. The summed E-state index contributed by atoms with van der Waals surface area (Å²) in [6.45, 7) is 0.506. The molecule has 120 valence electrons. The molecule has 3 aromatic rings. The Morgan fingerprint density at radius 1 is 1.22 bits per heavy atom. The molecule has 0 saturated carbocycles. The number of aromatic carboxylic acids is 1. The summed E-state index contributed by atoms with van der Waals surface area (Å²) in [7, 11) is 3.13. The van der Waals surface area contributed by atoms with E-state index in [4.69, 9.17) is 14.6 Å². The van der Waals surface area contributed by atoms with Gasteiger partial charge in [-0.3, -0.25) is 0 Å². The fourth-order valence-corrected chi connectivity index (χ4v) is 2.87. The molecule has 0 atom stereocenters. The Labute approximate surface area is 135 Å². The zero-order chi connectivity index (χ0) is 16.4. The number of methoxy groups -OCH3 is 2. The lowest BCUT2D eigenvalue weighted by Gasteiger charge is -2.05. The van der Waals surface area contributed by atoms with Crippen LogP contribution in [-0.4, -0.2) is 45.3 Å². The van der Waals surface area contributed by atoms with Crippen LogP contribution in [0.5, 0.6) is 11.5 Å². The number of thiazole rings is 1. The number of carboxylic acids is 1. The van der Waals surface area contributed by atoms with Gasteiger partial charge >= 0.3 is 5.97 Å². The van der Waals surface area contributed by atoms with Crippen LogP contribution in [0, 0.1) is 0 Å². The minimum atomic E-state index is -1.02. The Morgan fingerprint density at radius 3 is 2.30 bits per heavy atom. The molecule has 2 aromatic heterocycles. The van der Waals surface area contributed by atoms with E-state index in [1.54, 1.807) is 31.1 Å². The number of rotatable bonds is 6. The van der Waals surface area contributed by atoms with Gasteiger partial charge in [-0.1, -0.05) is 0 Å². The number of benzene rings is 1. The second-order valence-electron chi connectivity index (χ2n) is 4.67. The molecular formula is C14H14N4O4S. The molecule has 0 unspecified atom stereocenters. The Morgan fingerprint density at radius 2 is 1.83 bits per heavy atom. The highest BCUT2D eigenvalue weighted by molar-refractivity contribution is 7.09. The van der Waals surface area contributed by atoms with Crippen LogP contribution in [-0.2, 0) is 13.0 Å². The standard InChI is InChI=1S/C14H14N4O4S/c1-21-11-5-8-9(6-12(11)22-2)17-18(16-8)4-3-13-15-10(7-23-13)14(19)20/h5-7H,3-4H2,1-2H3,(H,19,20). The monoisotopic (exact) mass is 334 g/mol. The Balaban J connectivity index is 1.78. The van der Waals surface area contributed by atoms with Crippen LogP contribution in [0.15, 0.2) is 17.5 Å². The second kappa shape index (κ2) is 6.21. The van der Waals surface area contributed by atoms with Crippen molar-refractivity contribution in [3.63, 3.8) is 0 Å². The molecule has 23 heavy (non-hydrogen) atoms. The van der Waals surface area contributed by atoms with Gasteiger partial charge in [0.2, 0.25) is 0 Å². The van der Waals surface area contributed by atoms with E-state index < -0.39 is 5.97 Å². The molecule has 1 N–H and O–H groups in total. The number of hydrogen-bond acceptors (Lipinski definition) is 7. The van der Waals surface area contributed by atoms with Crippen LogP contribution in [0.1, 0.15) is 15.5 Å². The fraction of sp³-hybridized carbons (Fsp3) is 0.286. The quantitative estimate of drug-likeness (QED) is 0.734. The number of aryl methyl sites for hydroxylation is 2. The molecule has 0 amide bonds. The molecule has 0 bridgehead atoms. The Hall–Kier alpha value is -2.68. The first-order valence-electron chi connectivity index (χ1n) is 6.75. The largest absolute Gasteiger partial charge is 0.493 e. The summed E-state index contributed by atoms with van der Waals surface area (Å²) in [6.07, 6.45) is 0.563. The first-order chi connectivity index (χ1) is 11.1. The van der Waals surface area contributed by atoms with Crippen LogP contribution in [0.3, 0.4) is 0 Å². The van der Waals surface area contributed by atoms with E-state index in [0.717, 1.165) is 5.01 Å². The van der Waals surface area contributed by atoms with Crippen molar-refractivity contribution in [2.45, 2.75) is 13.0 Å². The minimum Gasteiger partial charge on any atom is -0.493 e. The Kier molecular flexibility index (Phi) is 4.11. The van der Waals surface area contributed by atoms with Gasteiger partial charge < -0.3 is 14.6 Å². The van der Waals surface area contributed by atoms with Crippen LogP contribution >= 0.6 is 11.3 Å². The zero-order valence-corrected chi connectivity index (χ0v) is 13.3. The predicted octanol–water partition coefficient (Wildman–Crippen LogP) is 1.85. The third kappa shape index (κ3) is 3.09. The number of carboxylic acid groups (broad SMARTS) is 1. The van der Waals surface area contributed by atoms with Crippen molar-refractivity contribution in [2.24, 2.45) is 0 Å². The molecule has 0 aliphatic carbocycles. The molecule has 0 aliphatic rings. The number of ether oxygens (including phenoxy) is 2. The average Bonchev–Trinajstić information content (AvgIpc) is 3.17. The van der Waals surface area contributed by atoms with E-state index in [1.807, 2.05) is 0 Å². The van der Waals surface area contributed by atoms with Crippen molar-refractivity contribution in [1.82, 2.24) is 20.0 Å². The summed E-state index contributed by atoms with van der Waals surface area (Å²) in [4.78, 5) is 16.4. The fourth-order valence-electron chi connectivity index (χ4n) is 2.11. The van der Waals surface area contributed by atoms with E-state index in [-0.39, 0.29) is 5.69 Å². The number of carbonyl (C=O) groups is 1. The van der Waals surface area contributed by atoms with Crippen molar-refractivity contribution >= 4 is 28.3 Å². The summed E-state index contributed by atoms with van der Waals surface area (Å²) in [5, 5.41) is 19.9. The van der Waals surface area contributed by atoms with Gasteiger partial charge in [0.25, 0.3) is 0 Å². The molecule has 8 nitrogen and oxygen atoms in total. The highest BCUT2D eigenvalue weighted by atomic mass is 32.1. The molecule has 3 rings (SSSR count). The lowest BCUT2D eigenvalue weighted by Crippen LogP contribution is -2.05. The minimum absolute atomic E-state index is 0.0676. The zero-order valence-electron chi connectivity index (χ0n) is 12.5. The average molecular weight is 334 g/mol. The van der Waals surface area contributed by atoms with Crippen molar-refractivity contribution in [1.29, 1.82) is 0 Å². The van der Waals surface area contributed by atoms with Gasteiger partial charge in [0, 0.05) is 23.9 Å². The molecule has 9 heteroatoms. The van der Waals surface area contributed by atoms with Gasteiger partial charge in [0.15, 0.2) is 17.2 Å². The van der Waals surface area contributed by atoms with Crippen molar-refractivity contribution in [3.8, 4) is 11.5 Å². The van der Waals surface area contributed by atoms with E-state index in [9.17, 15) is 4.79 Å². The first-order valence-corrected chi connectivity index (χ1v) is 7.63. The molecule has 2 heterocycles. The van der Waals surface area contributed by atoms with Crippen LogP contribution in [0.4, 0.5) is 0 Å². The molecule has 0 spiro atoms. The van der Waals surface area contributed by atoms with E-state index in [1.165, 1.54) is 16.7 Å². The summed E-state index contributed by atoms with van der Waals surface area (Å²) < 4.78 is 10.5. The summed E-state index contributed by atoms with van der Waals surface area (Å²) in [5.41, 5.74) is 1.47. The predicted molar refractivity (Wildman–Crippen MR) is 83.4 cm³/mol. The highest BCUT2D eigenvalue weighted by Crippen LogP contribution is 2.30. The third-order valence-electron chi connectivity index (χ3n) is 3.22. The first kappa shape index (κ1) is 15.2. The maximum atomic E-state index is 10.8. The van der Waals surface area contributed by atoms with Gasteiger partial charge in [0.05, 0.1) is 25.8 Å².